The summed E-state index contributed by atoms with van der Waals surface area (Å²) in [6.07, 6.45) is -0.615. The lowest BCUT2D eigenvalue weighted by Gasteiger charge is -2.38. The normalized spacial score (nSPS) is 27.7. The van der Waals surface area contributed by atoms with Crippen LogP contribution in [0.5, 0.6) is 5.75 Å². The maximum Gasteiger partial charge on any atom is 0.138 e. The number of halogens is 1. The maximum absolute atomic E-state index is 10.0. The lowest BCUT2D eigenvalue weighted by molar-refractivity contribution is 0.0255. The minimum atomic E-state index is -0.615. The van der Waals surface area contributed by atoms with E-state index in [1.165, 1.54) is 11.3 Å². The van der Waals surface area contributed by atoms with E-state index in [1.807, 2.05) is 13.8 Å². The molecule has 0 aliphatic carbocycles. The second-order valence-corrected chi connectivity index (χ2v) is 6.07. The maximum atomic E-state index is 10.0. The first-order valence-electron chi connectivity index (χ1n) is 4.50. The third-order valence-electron chi connectivity index (χ3n) is 2.42. The lowest BCUT2D eigenvalue weighted by atomic mass is 9.96. The minimum Gasteiger partial charge on any atom is -0.485 e. The van der Waals surface area contributed by atoms with Crippen molar-refractivity contribution in [3.63, 3.8) is 0 Å². The van der Waals surface area contributed by atoms with E-state index >= 15 is 0 Å². The van der Waals surface area contributed by atoms with Gasteiger partial charge in [-0.2, -0.15) is 5.26 Å². The van der Waals surface area contributed by atoms with Crippen molar-refractivity contribution in [2.45, 2.75) is 30.4 Å². The summed E-state index contributed by atoms with van der Waals surface area (Å²) in [6.45, 7) is 3.81. The SMILES string of the molecule is CC1(C)Oc2cc(C#N)sc2[C@H](O)[C@H]1Br. The molecule has 80 valence electrons. The molecule has 0 fully saturated rings. The van der Waals surface area contributed by atoms with Gasteiger partial charge in [-0.15, -0.1) is 11.3 Å². The highest BCUT2D eigenvalue weighted by Crippen LogP contribution is 2.47. The molecule has 1 aromatic heterocycles. The predicted molar refractivity (Wildman–Crippen MR) is 61.4 cm³/mol. The predicted octanol–water partition coefficient (Wildman–Crippen LogP) is 2.59. The third kappa shape index (κ3) is 1.67. The fourth-order valence-corrected chi connectivity index (χ4v) is 3.02. The van der Waals surface area contributed by atoms with E-state index in [1.54, 1.807) is 6.07 Å². The van der Waals surface area contributed by atoms with Crippen molar-refractivity contribution in [1.29, 1.82) is 5.26 Å². The first-order valence-corrected chi connectivity index (χ1v) is 6.24. The zero-order chi connectivity index (χ0) is 11.2. The van der Waals surface area contributed by atoms with Crippen LogP contribution in [0.2, 0.25) is 0 Å². The standard InChI is InChI=1S/C10H10BrNO2S/c1-10(2)9(11)7(13)8-6(14-10)3-5(4-12)15-8/h3,7,9,13H,1-2H3/t7-,9+/m0/s1. The van der Waals surface area contributed by atoms with Gasteiger partial charge < -0.3 is 9.84 Å². The van der Waals surface area contributed by atoms with Crippen molar-refractivity contribution in [3.8, 4) is 11.8 Å². The number of nitrogens with zero attached hydrogens (tertiary/aromatic N) is 1. The molecule has 3 nitrogen and oxygen atoms in total. The highest BCUT2D eigenvalue weighted by molar-refractivity contribution is 9.09. The first kappa shape index (κ1) is 10.9. The van der Waals surface area contributed by atoms with Gasteiger partial charge in [-0.05, 0) is 13.8 Å². The highest BCUT2D eigenvalue weighted by atomic mass is 79.9. The molecule has 1 aliphatic rings. The molecule has 1 aliphatic heterocycles. The van der Waals surface area contributed by atoms with E-state index in [9.17, 15) is 5.11 Å². The van der Waals surface area contributed by atoms with Crippen LogP contribution in [0.25, 0.3) is 0 Å². The van der Waals surface area contributed by atoms with Crippen molar-refractivity contribution in [2.75, 3.05) is 0 Å². The van der Waals surface area contributed by atoms with E-state index < -0.39 is 11.7 Å². The van der Waals surface area contributed by atoms with Crippen LogP contribution in [0.4, 0.5) is 0 Å². The quantitative estimate of drug-likeness (QED) is 0.746. The summed E-state index contributed by atoms with van der Waals surface area (Å²) in [6, 6.07) is 3.74. The number of hydrogen-bond acceptors (Lipinski definition) is 4. The smallest absolute Gasteiger partial charge is 0.138 e. The van der Waals surface area contributed by atoms with Crippen molar-refractivity contribution < 1.29 is 9.84 Å². The average Bonchev–Trinajstić information content (AvgIpc) is 2.57. The molecule has 0 aromatic carbocycles. The van der Waals surface area contributed by atoms with Gasteiger partial charge in [0, 0.05) is 6.07 Å². The van der Waals surface area contributed by atoms with Gasteiger partial charge in [0.05, 0.1) is 9.70 Å². The molecular formula is C10H10BrNO2S. The fraction of sp³-hybridized carbons (Fsp3) is 0.500. The van der Waals surface area contributed by atoms with Crippen LogP contribution in [-0.4, -0.2) is 15.5 Å². The lowest BCUT2D eigenvalue weighted by Crippen LogP contribution is -2.44. The van der Waals surface area contributed by atoms with Crippen LogP contribution in [0.1, 0.15) is 29.7 Å². The van der Waals surface area contributed by atoms with Crippen LogP contribution in [0, 0.1) is 11.3 Å². The van der Waals surface area contributed by atoms with E-state index in [4.69, 9.17) is 10.00 Å². The average molecular weight is 288 g/mol. The largest absolute Gasteiger partial charge is 0.485 e. The monoisotopic (exact) mass is 287 g/mol. The summed E-state index contributed by atoms with van der Waals surface area (Å²) >= 11 is 4.71. The molecule has 0 spiro atoms. The Labute approximate surface area is 100 Å². The highest BCUT2D eigenvalue weighted by Gasteiger charge is 2.42. The van der Waals surface area contributed by atoms with Crippen molar-refractivity contribution >= 4 is 27.3 Å². The summed E-state index contributed by atoms with van der Waals surface area (Å²) in [7, 11) is 0. The van der Waals surface area contributed by atoms with E-state index in [0.717, 1.165) is 4.88 Å². The molecule has 1 N–H and O–H groups in total. The molecular weight excluding hydrogens is 278 g/mol. The van der Waals surface area contributed by atoms with Crippen LogP contribution in [0.3, 0.4) is 0 Å². The van der Waals surface area contributed by atoms with E-state index in [0.29, 0.717) is 10.6 Å². The van der Waals surface area contributed by atoms with Crippen LogP contribution in [0.15, 0.2) is 6.07 Å². The second-order valence-electron chi connectivity index (χ2n) is 4.00. The summed E-state index contributed by atoms with van der Waals surface area (Å²) in [5.74, 6) is 0.629. The van der Waals surface area contributed by atoms with Crippen molar-refractivity contribution in [3.05, 3.63) is 15.8 Å². The Kier molecular flexibility index (Phi) is 2.53. The molecule has 1 aromatic rings. The number of nitriles is 1. The Hall–Kier alpha value is -0.570. The van der Waals surface area contributed by atoms with Crippen molar-refractivity contribution in [1.82, 2.24) is 0 Å². The molecule has 2 atom stereocenters. The molecule has 0 unspecified atom stereocenters. The van der Waals surface area contributed by atoms with Gasteiger partial charge in [0.1, 0.15) is 28.4 Å². The fourth-order valence-electron chi connectivity index (χ4n) is 1.58. The topological polar surface area (TPSA) is 53.2 Å². The van der Waals surface area contributed by atoms with Gasteiger partial charge in [0.15, 0.2) is 0 Å². The number of aliphatic hydroxyl groups excluding tert-OH is 1. The van der Waals surface area contributed by atoms with E-state index in [2.05, 4.69) is 22.0 Å². The van der Waals surface area contributed by atoms with E-state index in [-0.39, 0.29) is 4.83 Å². The number of hydrogen-bond donors (Lipinski definition) is 1. The summed E-state index contributed by atoms with van der Waals surface area (Å²) in [5, 5.41) is 18.8. The summed E-state index contributed by atoms with van der Waals surface area (Å²) < 4.78 is 5.74. The molecule has 2 heterocycles. The number of rotatable bonds is 0. The van der Waals surface area contributed by atoms with Crippen molar-refractivity contribution in [2.24, 2.45) is 0 Å². The molecule has 0 saturated heterocycles. The zero-order valence-corrected chi connectivity index (χ0v) is 10.7. The molecule has 0 amide bonds. The summed E-state index contributed by atoms with van der Waals surface area (Å²) in [5.41, 5.74) is -0.472. The second kappa shape index (κ2) is 3.48. The van der Waals surface area contributed by atoms with Gasteiger partial charge in [-0.3, -0.25) is 0 Å². The first-order chi connectivity index (χ1) is 6.95. The Bertz CT molecular complexity index is 435. The molecule has 5 heteroatoms. The minimum absolute atomic E-state index is 0.164. The van der Waals surface area contributed by atoms with Crippen LogP contribution >= 0.6 is 27.3 Å². The Morgan fingerprint density at radius 2 is 2.33 bits per heavy atom. The molecule has 0 radical (unpaired) electrons. The number of ether oxygens (including phenoxy) is 1. The van der Waals surface area contributed by atoms with Gasteiger partial charge in [-0.25, -0.2) is 0 Å². The number of aliphatic hydroxyl groups is 1. The Balaban J connectivity index is 2.49. The number of fused-ring (bicyclic) bond motifs is 1. The number of alkyl halides is 1. The third-order valence-corrected chi connectivity index (χ3v) is 5.11. The van der Waals surface area contributed by atoms with Gasteiger partial charge in [-0.1, -0.05) is 15.9 Å². The number of thiophene rings is 1. The van der Waals surface area contributed by atoms with Gasteiger partial charge >= 0.3 is 0 Å². The molecule has 0 bridgehead atoms. The van der Waals surface area contributed by atoms with Crippen LogP contribution in [-0.2, 0) is 0 Å². The Morgan fingerprint density at radius 3 is 2.93 bits per heavy atom. The molecule has 2 rings (SSSR count). The van der Waals surface area contributed by atoms with Gasteiger partial charge in [0.2, 0.25) is 0 Å². The molecule has 15 heavy (non-hydrogen) atoms. The van der Waals surface area contributed by atoms with Crippen LogP contribution < -0.4 is 4.74 Å². The van der Waals surface area contributed by atoms with Gasteiger partial charge in [0.25, 0.3) is 0 Å². The zero-order valence-electron chi connectivity index (χ0n) is 8.32. The molecule has 0 saturated carbocycles. The Morgan fingerprint density at radius 1 is 1.67 bits per heavy atom. The summed E-state index contributed by atoms with van der Waals surface area (Å²) in [4.78, 5) is 1.13.